The highest BCUT2D eigenvalue weighted by Crippen LogP contribution is 2.09. The molecule has 0 saturated heterocycles. The maximum absolute atomic E-state index is 3.19. The summed E-state index contributed by atoms with van der Waals surface area (Å²) < 4.78 is 0. The topological polar surface area (TPSA) is 12.0 Å². The van der Waals surface area contributed by atoms with E-state index in [0.29, 0.717) is 0 Å². The molecule has 11 heavy (non-hydrogen) atoms. The van der Waals surface area contributed by atoms with Gasteiger partial charge in [-0.3, -0.25) is 0 Å². The van der Waals surface area contributed by atoms with Crippen molar-refractivity contribution in [3.05, 3.63) is 11.6 Å². The van der Waals surface area contributed by atoms with Gasteiger partial charge in [-0.2, -0.15) is 0 Å². The molecule has 0 aromatic carbocycles. The Hall–Kier alpha value is -0.300. The monoisotopic (exact) mass is 155 g/mol. The van der Waals surface area contributed by atoms with Crippen molar-refractivity contribution in [3.8, 4) is 0 Å². The van der Waals surface area contributed by atoms with Crippen molar-refractivity contribution in [3.63, 3.8) is 0 Å². The molecule has 0 aromatic heterocycles. The summed E-state index contributed by atoms with van der Waals surface area (Å²) in [6.07, 6.45) is 4.71. The van der Waals surface area contributed by atoms with Gasteiger partial charge in [-0.05, 0) is 39.3 Å². The molecule has 1 nitrogen and oxygen atoms in total. The molecule has 0 bridgehead atoms. The standard InChI is InChI=1S/C10H21N/c1-5-6-9(2)7-10(3)8-11-4/h6,10-11H,5,7-8H2,1-4H3. The molecule has 1 unspecified atom stereocenters. The Labute approximate surface area is 70.9 Å². The summed E-state index contributed by atoms with van der Waals surface area (Å²) in [5, 5.41) is 3.19. The maximum atomic E-state index is 3.19. The van der Waals surface area contributed by atoms with Gasteiger partial charge in [-0.1, -0.05) is 25.5 Å². The van der Waals surface area contributed by atoms with Gasteiger partial charge in [-0.15, -0.1) is 0 Å². The van der Waals surface area contributed by atoms with Gasteiger partial charge in [0.2, 0.25) is 0 Å². The van der Waals surface area contributed by atoms with E-state index in [0.717, 1.165) is 18.9 Å². The second-order valence-electron chi connectivity index (χ2n) is 3.33. The SMILES string of the molecule is CCC=C(C)CC(C)CNC. The van der Waals surface area contributed by atoms with E-state index in [1.807, 2.05) is 7.05 Å². The third-order valence-electron chi connectivity index (χ3n) is 1.78. The van der Waals surface area contributed by atoms with Gasteiger partial charge in [0.05, 0.1) is 0 Å². The van der Waals surface area contributed by atoms with Crippen LogP contribution in [0.2, 0.25) is 0 Å². The molecule has 0 aliphatic heterocycles. The van der Waals surface area contributed by atoms with Gasteiger partial charge in [0.1, 0.15) is 0 Å². The van der Waals surface area contributed by atoms with Crippen molar-refractivity contribution in [2.45, 2.75) is 33.6 Å². The minimum Gasteiger partial charge on any atom is -0.319 e. The number of hydrogen-bond acceptors (Lipinski definition) is 1. The van der Waals surface area contributed by atoms with Gasteiger partial charge >= 0.3 is 0 Å². The third kappa shape index (κ3) is 6.11. The predicted octanol–water partition coefficient (Wildman–Crippen LogP) is 2.59. The lowest BCUT2D eigenvalue weighted by atomic mass is 10.0. The van der Waals surface area contributed by atoms with Gasteiger partial charge in [0, 0.05) is 0 Å². The largest absolute Gasteiger partial charge is 0.319 e. The van der Waals surface area contributed by atoms with Crippen LogP contribution in [0.15, 0.2) is 11.6 Å². The average Bonchev–Trinajstić information content (AvgIpc) is 1.87. The fourth-order valence-electron chi connectivity index (χ4n) is 1.40. The quantitative estimate of drug-likeness (QED) is 0.602. The number of hydrogen-bond donors (Lipinski definition) is 1. The van der Waals surface area contributed by atoms with Crippen molar-refractivity contribution in [2.24, 2.45) is 5.92 Å². The molecular formula is C10H21N. The maximum Gasteiger partial charge on any atom is -0.00231 e. The Morgan fingerprint density at radius 3 is 2.64 bits per heavy atom. The van der Waals surface area contributed by atoms with Crippen LogP contribution >= 0.6 is 0 Å². The summed E-state index contributed by atoms with van der Waals surface area (Å²) in [5.74, 6) is 0.766. The minimum absolute atomic E-state index is 0.766. The van der Waals surface area contributed by atoms with Crippen molar-refractivity contribution in [1.82, 2.24) is 5.32 Å². The summed E-state index contributed by atoms with van der Waals surface area (Å²) in [6.45, 7) is 7.81. The first kappa shape index (κ1) is 10.7. The van der Waals surface area contributed by atoms with Gasteiger partial charge in [-0.25, -0.2) is 0 Å². The van der Waals surface area contributed by atoms with Crippen molar-refractivity contribution in [1.29, 1.82) is 0 Å². The summed E-state index contributed by atoms with van der Waals surface area (Å²) in [7, 11) is 2.01. The molecule has 1 heteroatoms. The molecule has 1 atom stereocenters. The third-order valence-corrected chi connectivity index (χ3v) is 1.78. The predicted molar refractivity (Wildman–Crippen MR) is 51.8 cm³/mol. The zero-order chi connectivity index (χ0) is 8.69. The molecule has 0 fully saturated rings. The van der Waals surface area contributed by atoms with Crippen molar-refractivity contribution < 1.29 is 0 Å². The van der Waals surface area contributed by atoms with Crippen LogP contribution in [0.25, 0.3) is 0 Å². The molecule has 0 spiro atoms. The van der Waals surface area contributed by atoms with Gasteiger partial charge < -0.3 is 5.32 Å². The Bertz CT molecular complexity index is 116. The van der Waals surface area contributed by atoms with Crippen LogP contribution < -0.4 is 5.32 Å². The highest BCUT2D eigenvalue weighted by atomic mass is 14.8. The van der Waals surface area contributed by atoms with E-state index in [1.165, 1.54) is 12.0 Å². The highest BCUT2D eigenvalue weighted by molar-refractivity contribution is 4.98. The first-order valence-electron chi connectivity index (χ1n) is 4.50. The number of rotatable bonds is 5. The van der Waals surface area contributed by atoms with Crippen LogP contribution in [0, 0.1) is 5.92 Å². The van der Waals surface area contributed by atoms with E-state index < -0.39 is 0 Å². The number of nitrogens with one attached hydrogen (secondary N) is 1. The van der Waals surface area contributed by atoms with E-state index in [1.54, 1.807) is 0 Å². The number of allylic oxidation sites excluding steroid dienone is 2. The first-order valence-corrected chi connectivity index (χ1v) is 4.50. The summed E-state index contributed by atoms with van der Waals surface area (Å²) in [4.78, 5) is 0. The molecule has 1 N–H and O–H groups in total. The normalized spacial score (nSPS) is 15.1. The molecule has 0 amide bonds. The fourth-order valence-corrected chi connectivity index (χ4v) is 1.40. The molecule has 0 aromatic rings. The Balaban J connectivity index is 3.56. The highest BCUT2D eigenvalue weighted by Gasteiger charge is 1.99. The fraction of sp³-hybridized carbons (Fsp3) is 0.800. The van der Waals surface area contributed by atoms with Crippen LogP contribution in [0.5, 0.6) is 0 Å². The smallest absolute Gasteiger partial charge is 0.00231 e. The van der Waals surface area contributed by atoms with E-state index in [-0.39, 0.29) is 0 Å². The molecule has 0 rings (SSSR count). The zero-order valence-electron chi connectivity index (χ0n) is 8.28. The molecular weight excluding hydrogens is 134 g/mol. The second-order valence-corrected chi connectivity index (χ2v) is 3.33. The van der Waals surface area contributed by atoms with Crippen LogP contribution in [-0.4, -0.2) is 13.6 Å². The minimum atomic E-state index is 0.766. The van der Waals surface area contributed by atoms with E-state index in [2.05, 4.69) is 32.2 Å². The molecule has 0 aliphatic carbocycles. The van der Waals surface area contributed by atoms with Crippen LogP contribution in [0.3, 0.4) is 0 Å². The first-order chi connectivity index (χ1) is 5.20. The van der Waals surface area contributed by atoms with E-state index >= 15 is 0 Å². The second kappa shape index (κ2) is 6.41. The van der Waals surface area contributed by atoms with Crippen LogP contribution in [0.1, 0.15) is 33.6 Å². The Morgan fingerprint density at radius 2 is 2.18 bits per heavy atom. The molecule has 0 radical (unpaired) electrons. The van der Waals surface area contributed by atoms with E-state index in [4.69, 9.17) is 0 Å². The van der Waals surface area contributed by atoms with Crippen LogP contribution in [0.4, 0.5) is 0 Å². The van der Waals surface area contributed by atoms with Gasteiger partial charge in [0.25, 0.3) is 0 Å². The van der Waals surface area contributed by atoms with Crippen molar-refractivity contribution in [2.75, 3.05) is 13.6 Å². The Morgan fingerprint density at radius 1 is 1.55 bits per heavy atom. The molecule has 0 heterocycles. The van der Waals surface area contributed by atoms with E-state index in [9.17, 15) is 0 Å². The zero-order valence-corrected chi connectivity index (χ0v) is 8.28. The van der Waals surface area contributed by atoms with Crippen LogP contribution in [-0.2, 0) is 0 Å². The summed E-state index contributed by atoms with van der Waals surface area (Å²) >= 11 is 0. The Kier molecular flexibility index (Phi) is 6.24. The summed E-state index contributed by atoms with van der Waals surface area (Å²) in [5.41, 5.74) is 1.52. The molecule has 0 saturated carbocycles. The van der Waals surface area contributed by atoms with Gasteiger partial charge in [0.15, 0.2) is 0 Å². The lowest BCUT2D eigenvalue weighted by Gasteiger charge is -2.10. The lowest BCUT2D eigenvalue weighted by Crippen LogP contribution is -2.16. The molecule has 66 valence electrons. The van der Waals surface area contributed by atoms with Crippen molar-refractivity contribution >= 4 is 0 Å². The molecule has 0 aliphatic rings. The average molecular weight is 155 g/mol. The summed E-state index contributed by atoms with van der Waals surface area (Å²) in [6, 6.07) is 0. The lowest BCUT2D eigenvalue weighted by molar-refractivity contribution is 0.538.